The molecule has 0 atom stereocenters. The molecule has 4 aromatic heterocycles. The molecule has 0 saturated heterocycles. The molecule has 0 amide bonds. The minimum atomic E-state index is 1.34. The van der Waals surface area contributed by atoms with Crippen LogP contribution in [0.1, 0.15) is 0 Å². The van der Waals surface area contributed by atoms with Crippen molar-refractivity contribution >= 4 is 45.3 Å². The highest BCUT2D eigenvalue weighted by Crippen LogP contribution is 2.45. The smallest absolute Gasteiger partial charge is 0.0455 e. The van der Waals surface area contributed by atoms with Gasteiger partial charge in [-0.15, -0.1) is 34.0 Å². The Kier molecular flexibility index (Phi) is 3.32. The highest BCUT2D eigenvalue weighted by Gasteiger charge is 2.15. The maximum absolute atomic E-state index is 2.34. The monoisotopic (exact) mass is 330 g/mol. The van der Waals surface area contributed by atoms with Crippen LogP contribution in [-0.2, 0) is 0 Å². The van der Waals surface area contributed by atoms with Crippen molar-refractivity contribution in [3.63, 3.8) is 0 Å². The molecule has 0 fully saturated rings. The Bertz CT molecular complexity index is 735. The van der Waals surface area contributed by atoms with Crippen LogP contribution in [0.25, 0.3) is 30.6 Å². The standard InChI is InChI=1S/C16H10S4/c1-3-13(18-6-1)12-9-15(14-4-2-7-19-14)20-16(12)11-5-8-17-10-11/h1-10H. The molecule has 4 heterocycles. The van der Waals surface area contributed by atoms with E-state index in [9.17, 15) is 0 Å². The van der Waals surface area contributed by atoms with E-state index in [4.69, 9.17) is 0 Å². The van der Waals surface area contributed by atoms with Gasteiger partial charge in [0.1, 0.15) is 0 Å². The van der Waals surface area contributed by atoms with Gasteiger partial charge in [0, 0.05) is 30.6 Å². The molecule has 4 heteroatoms. The lowest BCUT2D eigenvalue weighted by Gasteiger charge is -1.97. The van der Waals surface area contributed by atoms with Crippen molar-refractivity contribution in [1.82, 2.24) is 0 Å². The summed E-state index contributed by atoms with van der Waals surface area (Å²) < 4.78 is 0. The lowest BCUT2D eigenvalue weighted by Crippen LogP contribution is -1.71. The second-order valence-electron chi connectivity index (χ2n) is 4.32. The molecule has 0 spiro atoms. The van der Waals surface area contributed by atoms with E-state index in [1.807, 2.05) is 34.0 Å². The quantitative estimate of drug-likeness (QED) is 0.382. The van der Waals surface area contributed by atoms with Crippen LogP contribution in [0.15, 0.2) is 57.9 Å². The topological polar surface area (TPSA) is 0 Å². The molecule has 0 nitrogen and oxygen atoms in total. The van der Waals surface area contributed by atoms with E-state index in [0.29, 0.717) is 0 Å². The van der Waals surface area contributed by atoms with E-state index in [2.05, 4.69) is 57.9 Å². The molecule has 4 rings (SSSR count). The number of thiophene rings is 4. The van der Waals surface area contributed by atoms with Crippen molar-refractivity contribution in [2.75, 3.05) is 0 Å². The van der Waals surface area contributed by atoms with Crippen molar-refractivity contribution in [1.29, 1.82) is 0 Å². The van der Waals surface area contributed by atoms with Gasteiger partial charge < -0.3 is 0 Å². The van der Waals surface area contributed by atoms with Crippen molar-refractivity contribution < 1.29 is 0 Å². The summed E-state index contributed by atoms with van der Waals surface area (Å²) in [5.74, 6) is 0. The SMILES string of the molecule is c1csc(-c2cc(-c3cccs3)c(-c3ccsc3)s2)c1. The fraction of sp³-hybridized carbons (Fsp3) is 0. The largest absolute Gasteiger partial charge is 0.152 e. The third-order valence-electron chi connectivity index (χ3n) is 3.07. The van der Waals surface area contributed by atoms with Crippen LogP contribution in [0.3, 0.4) is 0 Å². The van der Waals surface area contributed by atoms with Gasteiger partial charge in [0.25, 0.3) is 0 Å². The Labute approximate surface area is 133 Å². The van der Waals surface area contributed by atoms with Crippen LogP contribution >= 0.6 is 45.3 Å². The Hall–Kier alpha value is -1.20. The summed E-state index contributed by atoms with van der Waals surface area (Å²) in [7, 11) is 0. The molecule has 0 aliphatic rings. The predicted molar refractivity (Wildman–Crippen MR) is 94.3 cm³/mol. The van der Waals surface area contributed by atoms with Gasteiger partial charge in [-0.1, -0.05) is 12.1 Å². The maximum atomic E-state index is 2.34. The van der Waals surface area contributed by atoms with Gasteiger partial charge in [-0.3, -0.25) is 0 Å². The maximum Gasteiger partial charge on any atom is 0.0455 e. The van der Waals surface area contributed by atoms with Gasteiger partial charge in [0.05, 0.1) is 0 Å². The van der Waals surface area contributed by atoms with Gasteiger partial charge in [-0.25, -0.2) is 0 Å². The molecule has 0 unspecified atom stereocenters. The molecule has 0 bridgehead atoms. The predicted octanol–water partition coefficient (Wildman–Crippen LogP) is 6.93. The summed E-state index contributed by atoms with van der Waals surface area (Å²) in [6.45, 7) is 0. The molecular formula is C16H10S4. The van der Waals surface area contributed by atoms with Gasteiger partial charge in [0.15, 0.2) is 0 Å². The van der Waals surface area contributed by atoms with Crippen LogP contribution < -0.4 is 0 Å². The van der Waals surface area contributed by atoms with Gasteiger partial charge >= 0.3 is 0 Å². The summed E-state index contributed by atoms with van der Waals surface area (Å²) in [5.41, 5.74) is 2.71. The Morgan fingerprint density at radius 2 is 1.55 bits per heavy atom. The lowest BCUT2D eigenvalue weighted by molar-refractivity contribution is 1.83. The molecule has 0 aliphatic heterocycles. The number of hydrogen-bond donors (Lipinski definition) is 0. The minimum Gasteiger partial charge on any atom is -0.152 e. The van der Waals surface area contributed by atoms with Crippen LogP contribution in [-0.4, -0.2) is 0 Å². The summed E-state index contributed by atoms with van der Waals surface area (Å²) >= 11 is 7.28. The second kappa shape index (κ2) is 5.30. The van der Waals surface area contributed by atoms with Crippen LogP contribution in [0.4, 0.5) is 0 Å². The molecule has 0 radical (unpaired) electrons. The van der Waals surface area contributed by atoms with Crippen LogP contribution in [0, 0.1) is 0 Å². The third-order valence-corrected chi connectivity index (χ3v) is 6.90. The van der Waals surface area contributed by atoms with Gasteiger partial charge in [-0.05, 0) is 45.8 Å². The summed E-state index contributed by atoms with van der Waals surface area (Å²) in [6, 6.07) is 13.2. The molecular weight excluding hydrogens is 320 g/mol. The first-order valence-electron chi connectivity index (χ1n) is 6.16. The zero-order valence-corrected chi connectivity index (χ0v) is 13.7. The summed E-state index contributed by atoms with van der Waals surface area (Å²) in [6.07, 6.45) is 0. The first-order valence-corrected chi connectivity index (χ1v) is 9.68. The number of hydrogen-bond acceptors (Lipinski definition) is 4. The molecule has 20 heavy (non-hydrogen) atoms. The zero-order valence-electron chi connectivity index (χ0n) is 10.4. The molecule has 0 aliphatic carbocycles. The highest BCUT2D eigenvalue weighted by atomic mass is 32.1. The summed E-state index contributed by atoms with van der Waals surface area (Å²) in [5, 5.41) is 8.68. The van der Waals surface area contributed by atoms with Gasteiger partial charge in [0.2, 0.25) is 0 Å². The Morgan fingerprint density at radius 3 is 2.20 bits per heavy atom. The average Bonchev–Trinajstić information content (AvgIpc) is 3.22. The zero-order chi connectivity index (χ0) is 13.4. The van der Waals surface area contributed by atoms with Crippen molar-refractivity contribution in [3.05, 3.63) is 57.9 Å². The first-order chi connectivity index (χ1) is 9.92. The van der Waals surface area contributed by atoms with E-state index in [1.165, 1.54) is 30.6 Å². The van der Waals surface area contributed by atoms with Crippen molar-refractivity contribution in [2.24, 2.45) is 0 Å². The number of rotatable bonds is 3. The van der Waals surface area contributed by atoms with Crippen molar-refractivity contribution in [2.45, 2.75) is 0 Å². The normalized spacial score (nSPS) is 11.0. The lowest BCUT2D eigenvalue weighted by atomic mass is 10.1. The summed E-state index contributed by atoms with van der Waals surface area (Å²) in [4.78, 5) is 5.46. The molecule has 0 aromatic carbocycles. The second-order valence-corrected chi connectivity index (χ2v) is 8.05. The third kappa shape index (κ3) is 2.19. The minimum absolute atomic E-state index is 1.34. The molecule has 0 N–H and O–H groups in total. The Balaban J connectivity index is 1.92. The van der Waals surface area contributed by atoms with E-state index in [1.54, 1.807) is 11.3 Å². The fourth-order valence-electron chi connectivity index (χ4n) is 2.15. The average molecular weight is 331 g/mol. The highest BCUT2D eigenvalue weighted by molar-refractivity contribution is 7.24. The molecule has 0 saturated carbocycles. The first kappa shape index (κ1) is 12.5. The van der Waals surface area contributed by atoms with Gasteiger partial charge in [-0.2, -0.15) is 11.3 Å². The molecule has 98 valence electrons. The van der Waals surface area contributed by atoms with Crippen LogP contribution in [0.2, 0.25) is 0 Å². The van der Waals surface area contributed by atoms with E-state index < -0.39 is 0 Å². The van der Waals surface area contributed by atoms with E-state index in [-0.39, 0.29) is 0 Å². The fourth-order valence-corrected chi connectivity index (χ4v) is 5.68. The van der Waals surface area contributed by atoms with Crippen molar-refractivity contribution in [3.8, 4) is 30.6 Å². The van der Waals surface area contributed by atoms with Crippen LogP contribution in [0.5, 0.6) is 0 Å². The van der Waals surface area contributed by atoms with E-state index >= 15 is 0 Å². The Morgan fingerprint density at radius 1 is 0.750 bits per heavy atom. The van der Waals surface area contributed by atoms with E-state index in [0.717, 1.165) is 0 Å². The molecule has 4 aromatic rings.